The SMILES string of the molecule is CN(CC(=O)Nc1ccc(Br)cn1)C(=O)[C@@H]1CCC[C@@H]1CN. The van der Waals surface area contributed by atoms with E-state index in [9.17, 15) is 9.59 Å². The van der Waals surface area contributed by atoms with Gasteiger partial charge in [0.2, 0.25) is 11.8 Å². The average molecular weight is 369 g/mol. The number of rotatable bonds is 5. The van der Waals surface area contributed by atoms with Crippen LogP contribution < -0.4 is 11.1 Å². The summed E-state index contributed by atoms with van der Waals surface area (Å²) in [5.41, 5.74) is 5.72. The largest absolute Gasteiger partial charge is 0.336 e. The quantitative estimate of drug-likeness (QED) is 0.826. The van der Waals surface area contributed by atoms with E-state index < -0.39 is 0 Å². The third-order valence-electron chi connectivity index (χ3n) is 4.03. The van der Waals surface area contributed by atoms with Crippen LogP contribution >= 0.6 is 15.9 Å². The van der Waals surface area contributed by atoms with Gasteiger partial charge in [0.15, 0.2) is 0 Å². The molecule has 120 valence electrons. The first kappa shape index (κ1) is 16.9. The molecule has 0 aliphatic heterocycles. The first-order valence-corrected chi connectivity index (χ1v) is 8.17. The number of pyridine rings is 1. The maximum Gasteiger partial charge on any atom is 0.245 e. The zero-order valence-electron chi connectivity index (χ0n) is 12.6. The molecule has 1 aromatic heterocycles. The molecule has 0 unspecified atom stereocenters. The summed E-state index contributed by atoms with van der Waals surface area (Å²) in [5.74, 6) is 0.411. The van der Waals surface area contributed by atoms with Gasteiger partial charge in [-0.3, -0.25) is 9.59 Å². The number of likely N-dealkylation sites (N-methyl/N-ethyl adjacent to an activating group) is 1. The highest BCUT2D eigenvalue weighted by atomic mass is 79.9. The van der Waals surface area contributed by atoms with E-state index in [1.54, 1.807) is 25.4 Å². The highest BCUT2D eigenvalue weighted by Crippen LogP contribution is 2.32. The molecule has 22 heavy (non-hydrogen) atoms. The molecule has 1 aliphatic rings. The lowest BCUT2D eigenvalue weighted by molar-refractivity contribution is -0.137. The lowest BCUT2D eigenvalue weighted by Gasteiger charge is -2.24. The van der Waals surface area contributed by atoms with E-state index in [0.717, 1.165) is 23.7 Å². The van der Waals surface area contributed by atoms with Crippen LogP contribution in [0.25, 0.3) is 0 Å². The molecule has 1 aliphatic carbocycles. The summed E-state index contributed by atoms with van der Waals surface area (Å²) < 4.78 is 0.840. The van der Waals surface area contributed by atoms with Gasteiger partial charge in [0.25, 0.3) is 0 Å². The molecule has 1 fully saturated rings. The van der Waals surface area contributed by atoms with Crippen molar-refractivity contribution in [1.29, 1.82) is 0 Å². The zero-order valence-corrected chi connectivity index (χ0v) is 14.2. The third-order valence-corrected chi connectivity index (χ3v) is 4.50. The molecule has 2 amide bonds. The Bertz CT molecular complexity index is 535. The van der Waals surface area contributed by atoms with E-state index in [1.807, 2.05) is 0 Å². The Morgan fingerprint density at radius 1 is 1.45 bits per heavy atom. The number of halogens is 1. The van der Waals surface area contributed by atoms with Crippen molar-refractivity contribution in [3.63, 3.8) is 0 Å². The van der Waals surface area contributed by atoms with Crippen LogP contribution in [-0.4, -0.2) is 41.8 Å². The molecule has 3 N–H and O–H groups in total. The second kappa shape index (κ2) is 7.69. The molecule has 2 rings (SSSR count). The molecule has 2 atom stereocenters. The molecule has 0 saturated heterocycles. The minimum Gasteiger partial charge on any atom is -0.336 e. The Hall–Kier alpha value is -1.47. The van der Waals surface area contributed by atoms with E-state index in [2.05, 4.69) is 26.2 Å². The average Bonchev–Trinajstić information content (AvgIpc) is 2.97. The van der Waals surface area contributed by atoms with Crippen LogP contribution in [0.15, 0.2) is 22.8 Å². The summed E-state index contributed by atoms with van der Waals surface area (Å²) in [5, 5.41) is 2.68. The number of anilines is 1. The first-order chi connectivity index (χ1) is 10.5. The molecule has 1 heterocycles. The van der Waals surface area contributed by atoms with Gasteiger partial charge in [-0.15, -0.1) is 0 Å². The molecular formula is C15H21BrN4O2. The zero-order chi connectivity index (χ0) is 16.1. The van der Waals surface area contributed by atoms with Crippen molar-refractivity contribution >= 4 is 33.6 Å². The summed E-state index contributed by atoms with van der Waals surface area (Å²) in [7, 11) is 1.66. The van der Waals surface area contributed by atoms with E-state index in [0.29, 0.717) is 12.4 Å². The summed E-state index contributed by atoms with van der Waals surface area (Å²) in [6.45, 7) is 0.545. The van der Waals surface area contributed by atoms with Crippen LogP contribution in [0.1, 0.15) is 19.3 Å². The summed E-state index contributed by atoms with van der Waals surface area (Å²) in [6.07, 6.45) is 4.49. The number of amides is 2. The topological polar surface area (TPSA) is 88.3 Å². The van der Waals surface area contributed by atoms with Crippen LogP contribution in [0.4, 0.5) is 5.82 Å². The van der Waals surface area contributed by atoms with Gasteiger partial charge in [-0.1, -0.05) is 6.42 Å². The number of nitrogens with one attached hydrogen (secondary N) is 1. The summed E-state index contributed by atoms with van der Waals surface area (Å²) >= 11 is 3.28. The van der Waals surface area contributed by atoms with E-state index in [-0.39, 0.29) is 30.2 Å². The molecule has 0 spiro atoms. The first-order valence-electron chi connectivity index (χ1n) is 7.37. The minimum atomic E-state index is -0.257. The number of nitrogens with two attached hydrogens (primary N) is 1. The van der Waals surface area contributed by atoms with Gasteiger partial charge >= 0.3 is 0 Å². The van der Waals surface area contributed by atoms with Crippen LogP contribution in [0.5, 0.6) is 0 Å². The number of carbonyl (C=O) groups is 2. The van der Waals surface area contributed by atoms with Crippen molar-refractivity contribution in [3.8, 4) is 0 Å². The Balaban J connectivity index is 1.87. The van der Waals surface area contributed by atoms with Crippen molar-refractivity contribution in [2.45, 2.75) is 19.3 Å². The van der Waals surface area contributed by atoms with Gasteiger partial charge in [-0.25, -0.2) is 4.98 Å². The van der Waals surface area contributed by atoms with Gasteiger partial charge in [-0.05, 0) is 53.4 Å². The van der Waals surface area contributed by atoms with E-state index in [4.69, 9.17) is 5.73 Å². The Labute approximate surface area is 138 Å². The maximum atomic E-state index is 12.4. The number of hydrogen-bond donors (Lipinski definition) is 2. The number of aromatic nitrogens is 1. The number of nitrogens with zero attached hydrogens (tertiary/aromatic N) is 2. The van der Waals surface area contributed by atoms with Crippen molar-refractivity contribution in [1.82, 2.24) is 9.88 Å². The van der Waals surface area contributed by atoms with Crippen molar-refractivity contribution < 1.29 is 9.59 Å². The number of hydrogen-bond acceptors (Lipinski definition) is 4. The normalized spacial score (nSPS) is 20.7. The van der Waals surface area contributed by atoms with Crippen LogP contribution in [0.3, 0.4) is 0 Å². The lowest BCUT2D eigenvalue weighted by Crippen LogP contribution is -2.40. The van der Waals surface area contributed by atoms with Gasteiger partial charge in [-0.2, -0.15) is 0 Å². The minimum absolute atomic E-state index is 0.00636. The smallest absolute Gasteiger partial charge is 0.245 e. The summed E-state index contributed by atoms with van der Waals surface area (Å²) in [6, 6.07) is 3.49. The fourth-order valence-corrected chi connectivity index (χ4v) is 3.09. The fraction of sp³-hybridized carbons (Fsp3) is 0.533. The molecular weight excluding hydrogens is 348 g/mol. The van der Waals surface area contributed by atoms with E-state index in [1.165, 1.54) is 4.90 Å². The second-order valence-corrected chi connectivity index (χ2v) is 6.55. The molecule has 7 heteroatoms. The van der Waals surface area contributed by atoms with Gasteiger partial charge in [0, 0.05) is 23.6 Å². The Morgan fingerprint density at radius 3 is 2.86 bits per heavy atom. The summed E-state index contributed by atoms with van der Waals surface area (Å²) in [4.78, 5) is 30.0. The molecule has 0 bridgehead atoms. The van der Waals surface area contributed by atoms with Crippen LogP contribution in [-0.2, 0) is 9.59 Å². The number of carbonyl (C=O) groups excluding carboxylic acids is 2. The van der Waals surface area contributed by atoms with Gasteiger partial charge < -0.3 is 16.0 Å². The van der Waals surface area contributed by atoms with Crippen molar-refractivity contribution in [2.75, 3.05) is 25.5 Å². The van der Waals surface area contributed by atoms with Crippen molar-refractivity contribution in [3.05, 3.63) is 22.8 Å². The maximum absolute atomic E-state index is 12.4. The predicted octanol–water partition coefficient (Wildman–Crippen LogP) is 1.62. The van der Waals surface area contributed by atoms with Crippen LogP contribution in [0, 0.1) is 11.8 Å². The highest BCUT2D eigenvalue weighted by Gasteiger charge is 2.34. The highest BCUT2D eigenvalue weighted by molar-refractivity contribution is 9.10. The molecule has 6 nitrogen and oxygen atoms in total. The Morgan fingerprint density at radius 2 is 2.23 bits per heavy atom. The van der Waals surface area contributed by atoms with Gasteiger partial charge in [0.1, 0.15) is 5.82 Å². The second-order valence-electron chi connectivity index (χ2n) is 5.64. The molecule has 0 radical (unpaired) electrons. The Kier molecular flexibility index (Phi) is 5.90. The lowest BCUT2D eigenvalue weighted by atomic mass is 9.95. The third kappa shape index (κ3) is 4.27. The standard InChI is InChI=1S/C15H21BrN4O2/c1-20(15(22)12-4-2-3-10(12)7-17)9-14(21)19-13-6-5-11(16)8-18-13/h5-6,8,10,12H,2-4,7,9,17H2,1H3,(H,18,19,21)/t10-,12-/m1/s1. The molecule has 0 aromatic carbocycles. The van der Waals surface area contributed by atoms with E-state index >= 15 is 0 Å². The predicted molar refractivity (Wildman–Crippen MR) is 88.1 cm³/mol. The fourth-order valence-electron chi connectivity index (χ4n) is 2.85. The monoisotopic (exact) mass is 368 g/mol. The molecule has 1 saturated carbocycles. The van der Waals surface area contributed by atoms with Gasteiger partial charge in [0.05, 0.1) is 6.54 Å². The molecule has 1 aromatic rings. The van der Waals surface area contributed by atoms with Crippen LogP contribution in [0.2, 0.25) is 0 Å². The van der Waals surface area contributed by atoms with Crippen molar-refractivity contribution in [2.24, 2.45) is 17.6 Å².